The van der Waals surface area contributed by atoms with Crippen molar-refractivity contribution in [1.29, 1.82) is 0 Å². The number of Topliss-reactive ketones (excluding diaryl/α,β-unsaturated/α-hetero) is 1. The van der Waals surface area contributed by atoms with Crippen LogP contribution in [-0.2, 0) is 11.2 Å². The Morgan fingerprint density at radius 1 is 1.21 bits per heavy atom. The second kappa shape index (κ2) is 7.22. The summed E-state index contributed by atoms with van der Waals surface area (Å²) in [5, 5.41) is 10.6. The number of carbonyl (C=O) groups is 2. The highest BCUT2D eigenvalue weighted by Crippen LogP contribution is 2.48. The number of allylic oxidation sites excluding steroid dienone is 1. The Morgan fingerprint density at radius 2 is 1.89 bits per heavy atom. The van der Waals surface area contributed by atoms with Gasteiger partial charge in [0.25, 0.3) is 0 Å². The van der Waals surface area contributed by atoms with Gasteiger partial charge in [0.05, 0.1) is 10.6 Å². The summed E-state index contributed by atoms with van der Waals surface area (Å²) in [7, 11) is 0. The van der Waals surface area contributed by atoms with Crippen molar-refractivity contribution in [3.8, 4) is 11.5 Å². The molecule has 1 saturated carbocycles. The van der Waals surface area contributed by atoms with E-state index in [4.69, 9.17) is 16.3 Å². The molecule has 1 fully saturated rings. The van der Waals surface area contributed by atoms with E-state index < -0.39 is 5.60 Å². The van der Waals surface area contributed by atoms with Gasteiger partial charge in [-0.1, -0.05) is 38.4 Å². The molecule has 0 radical (unpaired) electrons. The molecule has 4 nitrogen and oxygen atoms in total. The number of halogens is 1. The van der Waals surface area contributed by atoms with Crippen LogP contribution in [-0.4, -0.2) is 22.8 Å². The van der Waals surface area contributed by atoms with Crippen molar-refractivity contribution in [1.82, 2.24) is 0 Å². The molecule has 2 aliphatic rings. The summed E-state index contributed by atoms with van der Waals surface area (Å²) in [6, 6.07) is 0. The number of aromatic hydroxyl groups is 1. The number of aldehydes is 1. The van der Waals surface area contributed by atoms with Crippen molar-refractivity contribution in [2.45, 2.75) is 65.9 Å². The number of carbonyl (C=O) groups excluding carboxylic acids is 2. The van der Waals surface area contributed by atoms with Crippen molar-refractivity contribution in [3.63, 3.8) is 0 Å². The van der Waals surface area contributed by atoms with E-state index in [2.05, 4.69) is 19.9 Å². The first-order valence-electron chi connectivity index (χ1n) is 9.95. The van der Waals surface area contributed by atoms with Crippen LogP contribution in [0.2, 0.25) is 5.02 Å². The molecule has 0 spiro atoms. The van der Waals surface area contributed by atoms with E-state index in [9.17, 15) is 14.7 Å². The van der Waals surface area contributed by atoms with Gasteiger partial charge in [-0.25, -0.2) is 0 Å². The van der Waals surface area contributed by atoms with E-state index in [0.717, 1.165) is 12.7 Å². The van der Waals surface area contributed by atoms with Gasteiger partial charge in [-0.15, -0.1) is 0 Å². The Labute approximate surface area is 171 Å². The van der Waals surface area contributed by atoms with Crippen LogP contribution in [0.25, 0.3) is 0 Å². The minimum Gasteiger partial charge on any atom is -0.506 e. The summed E-state index contributed by atoms with van der Waals surface area (Å²) in [6.07, 6.45) is 7.66. The molecular formula is C23H29ClO4. The number of benzene rings is 1. The summed E-state index contributed by atoms with van der Waals surface area (Å²) >= 11 is 6.19. The van der Waals surface area contributed by atoms with E-state index in [1.165, 1.54) is 0 Å². The predicted octanol–water partition coefficient (Wildman–Crippen LogP) is 5.45. The molecule has 0 aromatic heterocycles. The first-order chi connectivity index (χ1) is 13.0. The van der Waals surface area contributed by atoms with E-state index >= 15 is 0 Å². The number of hydrogen-bond acceptors (Lipinski definition) is 4. The fourth-order valence-corrected chi connectivity index (χ4v) is 4.67. The second-order valence-corrected chi connectivity index (χ2v) is 9.25. The van der Waals surface area contributed by atoms with Gasteiger partial charge in [-0.05, 0) is 56.1 Å². The zero-order valence-corrected chi connectivity index (χ0v) is 18.0. The first kappa shape index (κ1) is 20.9. The molecule has 1 aliphatic heterocycles. The molecule has 1 heterocycles. The number of rotatable bonds is 3. The quantitative estimate of drug-likeness (QED) is 0.537. The zero-order valence-electron chi connectivity index (χ0n) is 17.3. The van der Waals surface area contributed by atoms with Gasteiger partial charge in [0, 0.05) is 17.9 Å². The van der Waals surface area contributed by atoms with Gasteiger partial charge >= 0.3 is 0 Å². The smallest absolute Gasteiger partial charge is 0.154 e. The number of phenols is 1. The van der Waals surface area contributed by atoms with Crippen LogP contribution in [0.15, 0.2) is 12.2 Å². The lowest BCUT2D eigenvalue weighted by molar-refractivity contribution is -0.129. The fourth-order valence-electron chi connectivity index (χ4n) is 4.46. The average Bonchev–Trinajstić information content (AvgIpc) is 2.67. The third kappa shape index (κ3) is 3.26. The molecule has 152 valence electrons. The lowest BCUT2D eigenvalue weighted by atomic mass is 9.61. The SMILES string of the molecule is Cc1c(Cl)c(O)c2c(c1C=O)OC(C)(/C=C/[C@]1(C)C(C)C(=O)CC[C@H]1C)CC2. The highest BCUT2D eigenvalue weighted by molar-refractivity contribution is 6.33. The standard InChI is InChI=1S/C23H29ClO4/c1-13-6-7-18(26)15(3)23(13,5)11-10-22(4)9-8-16-20(27)19(24)14(2)17(12-25)21(16)28-22/h10-13,15,27H,6-9H2,1-5H3/b11-10+/t13-,15?,22?,23+/m1/s1. The van der Waals surface area contributed by atoms with Gasteiger partial charge in [0.2, 0.25) is 0 Å². The van der Waals surface area contributed by atoms with E-state index in [1.807, 2.05) is 19.9 Å². The Bertz CT molecular complexity index is 859. The second-order valence-electron chi connectivity index (χ2n) is 8.87. The molecule has 2 unspecified atom stereocenters. The molecule has 5 heteroatoms. The minimum atomic E-state index is -0.625. The van der Waals surface area contributed by atoms with Gasteiger partial charge in [0.15, 0.2) is 6.29 Å². The number of ether oxygens (including phenoxy) is 1. The van der Waals surface area contributed by atoms with Crippen LogP contribution in [0.4, 0.5) is 0 Å². The van der Waals surface area contributed by atoms with E-state index in [0.29, 0.717) is 53.4 Å². The minimum absolute atomic E-state index is 0.00196. The van der Waals surface area contributed by atoms with Crippen LogP contribution in [0.5, 0.6) is 11.5 Å². The molecule has 28 heavy (non-hydrogen) atoms. The van der Waals surface area contributed by atoms with Gasteiger partial charge < -0.3 is 9.84 Å². The molecule has 1 aromatic carbocycles. The van der Waals surface area contributed by atoms with Crippen molar-refractivity contribution >= 4 is 23.7 Å². The molecule has 4 atom stereocenters. The zero-order chi connectivity index (χ0) is 20.9. The number of ketones is 1. The molecule has 0 bridgehead atoms. The van der Waals surface area contributed by atoms with Crippen LogP contribution < -0.4 is 4.74 Å². The summed E-state index contributed by atoms with van der Waals surface area (Å²) in [6.45, 7) is 10.0. The highest BCUT2D eigenvalue weighted by Gasteiger charge is 2.43. The van der Waals surface area contributed by atoms with Crippen molar-refractivity contribution < 1.29 is 19.4 Å². The normalized spacial score (nSPS) is 32.9. The summed E-state index contributed by atoms with van der Waals surface area (Å²) in [5.74, 6) is 1.08. The number of hydrogen-bond donors (Lipinski definition) is 1. The lowest BCUT2D eigenvalue weighted by Crippen LogP contribution is -2.41. The summed E-state index contributed by atoms with van der Waals surface area (Å²) < 4.78 is 6.27. The molecule has 3 rings (SSSR count). The number of phenolic OH excluding ortho intramolecular Hbond substituents is 1. The Kier molecular flexibility index (Phi) is 5.39. The fraction of sp³-hybridized carbons (Fsp3) is 0.565. The van der Waals surface area contributed by atoms with E-state index in [-0.39, 0.29) is 22.1 Å². The third-order valence-electron chi connectivity index (χ3n) is 7.17. The Morgan fingerprint density at radius 3 is 2.54 bits per heavy atom. The van der Waals surface area contributed by atoms with Crippen molar-refractivity contribution in [3.05, 3.63) is 33.9 Å². The van der Waals surface area contributed by atoms with Crippen LogP contribution in [0, 0.1) is 24.2 Å². The third-order valence-corrected chi connectivity index (χ3v) is 7.63. The molecule has 0 saturated heterocycles. The molecule has 1 N–H and O–H groups in total. The summed E-state index contributed by atoms with van der Waals surface area (Å²) in [5.41, 5.74) is 0.643. The molecule has 1 aromatic rings. The van der Waals surface area contributed by atoms with Gasteiger partial charge in [-0.2, -0.15) is 0 Å². The van der Waals surface area contributed by atoms with Crippen LogP contribution in [0.1, 0.15) is 68.4 Å². The van der Waals surface area contributed by atoms with Crippen molar-refractivity contribution in [2.24, 2.45) is 17.3 Å². The van der Waals surface area contributed by atoms with E-state index in [1.54, 1.807) is 6.92 Å². The van der Waals surface area contributed by atoms with Crippen molar-refractivity contribution in [2.75, 3.05) is 0 Å². The van der Waals surface area contributed by atoms with Crippen LogP contribution >= 0.6 is 11.6 Å². The molecule has 0 amide bonds. The number of fused-ring (bicyclic) bond motifs is 1. The Balaban J connectivity index is 1.97. The maximum Gasteiger partial charge on any atom is 0.154 e. The maximum absolute atomic E-state index is 12.3. The maximum atomic E-state index is 12.3. The highest BCUT2D eigenvalue weighted by atomic mass is 35.5. The lowest BCUT2D eigenvalue weighted by Gasteiger charge is -2.43. The predicted molar refractivity (Wildman–Crippen MR) is 110 cm³/mol. The van der Waals surface area contributed by atoms with Crippen LogP contribution in [0.3, 0.4) is 0 Å². The molecular weight excluding hydrogens is 376 g/mol. The average molecular weight is 405 g/mol. The Hall–Kier alpha value is -1.81. The molecule has 1 aliphatic carbocycles. The van der Waals surface area contributed by atoms with Gasteiger partial charge in [0.1, 0.15) is 22.9 Å². The van der Waals surface area contributed by atoms with Gasteiger partial charge in [-0.3, -0.25) is 9.59 Å². The monoisotopic (exact) mass is 404 g/mol. The largest absolute Gasteiger partial charge is 0.506 e. The summed E-state index contributed by atoms with van der Waals surface area (Å²) in [4.78, 5) is 24.0. The first-order valence-corrected chi connectivity index (χ1v) is 10.3. The topological polar surface area (TPSA) is 63.6 Å².